The van der Waals surface area contributed by atoms with Gasteiger partial charge in [0.25, 0.3) is 5.91 Å². The van der Waals surface area contributed by atoms with Crippen LogP contribution in [-0.2, 0) is 9.47 Å². The van der Waals surface area contributed by atoms with Crippen molar-refractivity contribution < 1.29 is 18.7 Å². The lowest BCUT2D eigenvalue weighted by atomic mass is 9.94. The third-order valence-corrected chi connectivity index (χ3v) is 6.78. The van der Waals surface area contributed by atoms with Crippen LogP contribution in [-0.4, -0.2) is 71.5 Å². The SMILES string of the molecule is COC1=CNC(C(C)F)C=C1c1cc(C(=N)OC(C)N(C)C)ncc1C(=O)Nc1nnc(C#CC2CC2)s1. The van der Waals surface area contributed by atoms with Gasteiger partial charge in [-0.2, -0.15) is 0 Å². The molecule has 12 heteroatoms. The summed E-state index contributed by atoms with van der Waals surface area (Å²) >= 11 is 1.18. The molecule has 0 radical (unpaired) electrons. The molecule has 0 bridgehead atoms. The lowest BCUT2D eigenvalue weighted by molar-refractivity contribution is 0.0696. The number of methoxy groups -OCH3 is 1. The summed E-state index contributed by atoms with van der Waals surface area (Å²) in [4.78, 5) is 19.5. The first-order valence-electron chi connectivity index (χ1n) is 12.1. The number of aromatic nitrogens is 3. The highest BCUT2D eigenvalue weighted by Crippen LogP contribution is 2.31. The standard InChI is InChI=1S/C26H30FN7O3S/c1-14(27)20-11-18(22(36-5)13-30-20)17-10-21(24(28)37-15(2)34(3)4)29-12-19(17)25(35)31-26-33-32-23(38-26)9-8-16-6-7-16/h10-16,20,28,30H,6-7H2,1-5H3,(H,31,33,35). The molecule has 4 rings (SSSR count). The number of hydrogen-bond acceptors (Lipinski definition) is 10. The second-order valence-corrected chi connectivity index (χ2v) is 10.2. The number of rotatable bonds is 8. The summed E-state index contributed by atoms with van der Waals surface area (Å²) in [6.07, 6.45) is 5.18. The molecule has 3 unspecified atom stereocenters. The van der Waals surface area contributed by atoms with Crippen LogP contribution in [0.25, 0.3) is 5.57 Å². The number of anilines is 1. The highest BCUT2D eigenvalue weighted by atomic mass is 32.1. The second-order valence-electron chi connectivity index (χ2n) is 9.20. The number of hydrogen-bond donors (Lipinski definition) is 3. The Morgan fingerprint density at radius 3 is 2.76 bits per heavy atom. The van der Waals surface area contributed by atoms with E-state index in [-0.39, 0.29) is 28.5 Å². The van der Waals surface area contributed by atoms with Crippen molar-refractivity contribution in [3.05, 3.63) is 52.1 Å². The normalized spacial score (nSPS) is 18.2. The molecule has 2 aromatic heterocycles. The van der Waals surface area contributed by atoms with Gasteiger partial charge in [0.05, 0.1) is 18.7 Å². The molecular weight excluding hydrogens is 509 g/mol. The van der Waals surface area contributed by atoms with E-state index in [1.807, 2.05) is 14.1 Å². The molecule has 1 aliphatic heterocycles. The van der Waals surface area contributed by atoms with E-state index in [1.165, 1.54) is 31.6 Å². The van der Waals surface area contributed by atoms with Crippen LogP contribution in [0.1, 0.15) is 53.3 Å². The number of halogens is 1. The molecule has 1 aliphatic carbocycles. The first kappa shape index (κ1) is 27.2. The maximum Gasteiger partial charge on any atom is 0.259 e. The summed E-state index contributed by atoms with van der Waals surface area (Å²) in [5.41, 5.74) is 1.27. The van der Waals surface area contributed by atoms with Gasteiger partial charge in [-0.25, -0.2) is 4.39 Å². The Morgan fingerprint density at radius 2 is 2.11 bits per heavy atom. The molecule has 0 saturated heterocycles. The van der Waals surface area contributed by atoms with Crippen molar-refractivity contribution in [1.29, 1.82) is 5.41 Å². The molecule has 38 heavy (non-hydrogen) atoms. The molecule has 10 nitrogen and oxygen atoms in total. The zero-order valence-corrected chi connectivity index (χ0v) is 22.6. The van der Waals surface area contributed by atoms with Crippen molar-refractivity contribution in [1.82, 2.24) is 25.4 Å². The van der Waals surface area contributed by atoms with Gasteiger partial charge in [0.1, 0.15) is 17.6 Å². The first-order chi connectivity index (χ1) is 18.2. The fourth-order valence-corrected chi connectivity index (χ4v) is 4.02. The molecule has 0 spiro atoms. The average Bonchev–Trinajstić information content (AvgIpc) is 3.63. The number of ether oxygens (including phenoxy) is 2. The third kappa shape index (κ3) is 6.54. The molecule has 0 aromatic carbocycles. The fourth-order valence-electron chi connectivity index (χ4n) is 3.42. The summed E-state index contributed by atoms with van der Waals surface area (Å²) in [7, 11) is 5.14. The molecule has 1 amide bonds. The van der Waals surface area contributed by atoms with Crippen molar-refractivity contribution in [2.45, 2.75) is 45.1 Å². The van der Waals surface area contributed by atoms with Crippen LogP contribution in [0.2, 0.25) is 0 Å². The first-order valence-corrected chi connectivity index (χ1v) is 12.9. The van der Waals surface area contributed by atoms with Crippen LogP contribution >= 0.6 is 11.3 Å². The van der Waals surface area contributed by atoms with Gasteiger partial charge >= 0.3 is 0 Å². The maximum absolute atomic E-state index is 14.2. The topological polar surface area (TPSA) is 125 Å². The largest absolute Gasteiger partial charge is 0.495 e. The summed E-state index contributed by atoms with van der Waals surface area (Å²) in [6.45, 7) is 3.24. The molecule has 1 saturated carbocycles. The molecule has 1 fully saturated rings. The number of alkyl halides is 1. The van der Waals surface area contributed by atoms with Crippen LogP contribution in [0.5, 0.6) is 0 Å². The van der Waals surface area contributed by atoms with E-state index in [4.69, 9.17) is 14.9 Å². The van der Waals surface area contributed by atoms with Crippen LogP contribution < -0.4 is 10.6 Å². The quantitative estimate of drug-likeness (QED) is 0.202. The van der Waals surface area contributed by atoms with Gasteiger partial charge in [-0.15, -0.1) is 10.2 Å². The lowest BCUT2D eigenvalue weighted by Gasteiger charge is -2.25. The fraction of sp³-hybridized carbons (Fsp3) is 0.423. The van der Waals surface area contributed by atoms with E-state index >= 15 is 0 Å². The monoisotopic (exact) mass is 539 g/mol. The maximum atomic E-state index is 14.2. The summed E-state index contributed by atoms with van der Waals surface area (Å²) < 4.78 is 25.4. The lowest BCUT2D eigenvalue weighted by Crippen LogP contribution is -2.34. The van der Waals surface area contributed by atoms with E-state index in [0.29, 0.717) is 27.8 Å². The van der Waals surface area contributed by atoms with Gasteiger partial charge in [0, 0.05) is 29.5 Å². The van der Waals surface area contributed by atoms with E-state index in [2.05, 4.69) is 37.7 Å². The van der Waals surface area contributed by atoms with Gasteiger partial charge in [0.2, 0.25) is 11.0 Å². The Labute approximate surface area is 224 Å². The zero-order valence-electron chi connectivity index (χ0n) is 21.8. The number of carbonyl (C=O) groups is 1. The molecule has 2 aromatic rings. The number of carbonyl (C=O) groups excluding carboxylic acids is 1. The predicted octanol–water partition coefficient (Wildman–Crippen LogP) is 3.40. The number of nitrogens with one attached hydrogen (secondary N) is 3. The summed E-state index contributed by atoms with van der Waals surface area (Å²) in [6, 6.07) is 0.924. The Bertz CT molecular complexity index is 1340. The van der Waals surface area contributed by atoms with Crippen LogP contribution in [0, 0.1) is 23.2 Å². The number of nitrogens with zero attached hydrogens (tertiary/aromatic N) is 4. The van der Waals surface area contributed by atoms with Gasteiger partial charge < -0.3 is 14.8 Å². The zero-order chi connectivity index (χ0) is 27.4. The molecule has 200 valence electrons. The van der Waals surface area contributed by atoms with Gasteiger partial charge in [-0.3, -0.25) is 25.4 Å². The van der Waals surface area contributed by atoms with Crippen molar-refractivity contribution in [3.8, 4) is 11.8 Å². The van der Waals surface area contributed by atoms with Gasteiger partial charge in [0.15, 0.2) is 11.2 Å². The number of amides is 1. The minimum absolute atomic E-state index is 0.171. The molecule has 3 N–H and O–H groups in total. The average molecular weight is 540 g/mol. The second kappa shape index (κ2) is 11.7. The van der Waals surface area contributed by atoms with E-state index in [9.17, 15) is 9.18 Å². The van der Waals surface area contributed by atoms with Gasteiger partial charge in [-0.05, 0) is 58.8 Å². The highest BCUT2D eigenvalue weighted by molar-refractivity contribution is 7.15. The van der Waals surface area contributed by atoms with Gasteiger partial charge in [-0.1, -0.05) is 17.3 Å². The number of pyridine rings is 1. The number of allylic oxidation sites excluding steroid dienone is 1. The molecule has 2 aliphatic rings. The van der Waals surface area contributed by atoms with Crippen molar-refractivity contribution in [3.63, 3.8) is 0 Å². The Balaban J connectivity index is 1.69. The Hall–Kier alpha value is -3.82. The summed E-state index contributed by atoms with van der Waals surface area (Å²) in [5.74, 6) is 6.27. The van der Waals surface area contributed by atoms with Crippen LogP contribution in [0.4, 0.5) is 9.52 Å². The Morgan fingerprint density at radius 1 is 1.34 bits per heavy atom. The van der Waals surface area contributed by atoms with Crippen LogP contribution in [0.15, 0.2) is 30.3 Å². The van der Waals surface area contributed by atoms with Crippen molar-refractivity contribution in [2.75, 3.05) is 26.5 Å². The summed E-state index contributed by atoms with van der Waals surface area (Å²) in [5, 5.41) is 23.0. The van der Waals surface area contributed by atoms with Crippen molar-refractivity contribution >= 4 is 33.8 Å². The van der Waals surface area contributed by atoms with Crippen LogP contribution in [0.3, 0.4) is 0 Å². The van der Waals surface area contributed by atoms with E-state index in [1.54, 1.807) is 30.2 Å². The molecule has 3 atom stereocenters. The van der Waals surface area contributed by atoms with Crippen molar-refractivity contribution in [2.24, 2.45) is 5.92 Å². The smallest absolute Gasteiger partial charge is 0.259 e. The minimum Gasteiger partial charge on any atom is -0.495 e. The highest BCUT2D eigenvalue weighted by Gasteiger charge is 2.27. The molecular formula is C26H30FN7O3S. The minimum atomic E-state index is -1.21. The Kier molecular flexibility index (Phi) is 8.38. The third-order valence-electron chi connectivity index (χ3n) is 6.03. The predicted molar refractivity (Wildman–Crippen MR) is 143 cm³/mol. The van der Waals surface area contributed by atoms with E-state index in [0.717, 1.165) is 12.8 Å². The van der Waals surface area contributed by atoms with E-state index < -0.39 is 18.1 Å². The molecule has 3 heterocycles. The number of dihydropyridines is 1.